The predicted octanol–water partition coefficient (Wildman–Crippen LogP) is 2.23. The molecule has 1 aromatic heterocycles. The van der Waals surface area contributed by atoms with E-state index in [1.807, 2.05) is 30.3 Å². The van der Waals surface area contributed by atoms with Crippen molar-refractivity contribution in [2.45, 2.75) is 6.23 Å². The number of aromatic nitrogens is 2. The van der Waals surface area contributed by atoms with Crippen molar-refractivity contribution in [1.29, 1.82) is 0 Å². The molecule has 1 unspecified atom stereocenters. The molecular formula is C12H12N2O. The first-order valence-corrected chi connectivity index (χ1v) is 4.71. The van der Waals surface area contributed by atoms with Gasteiger partial charge in [-0.2, -0.15) is 5.10 Å². The van der Waals surface area contributed by atoms with Crippen LogP contribution in [0.2, 0.25) is 0 Å². The molecular weight excluding hydrogens is 188 g/mol. The molecule has 0 aliphatic rings. The minimum absolute atomic E-state index is 0.762. The van der Waals surface area contributed by atoms with Crippen LogP contribution in [0.5, 0.6) is 0 Å². The van der Waals surface area contributed by atoms with E-state index in [4.69, 9.17) is 0 Å². The predicted molar refractivity (Wildman–Crippen MR) is 59.1 cm³/mol. The van der Waals surface area contributed by atoms with E-state index in [1.54, 1.807) is 12.4 Å². The first-order valence-electron chi connectivity index (χ1n) is 4.71. The molecule has 0 spiro atoms. The Labute approximate surface area is 88.3 Å². The van der Waals surface area contributed by atoms with Crippen molar-refractivity contribution in [3.63, 3.8) is 0 Å². The van der Waals surface area contributed by atoms with Gasteiger partial charge in [0.05, 0.1) is 6.20 Å². The molecule has 0 aliphatic carbocycles. The smallest absolute Gasteiger partial charge is 0.165 e. The molecule has 1 atom stereocenters. The zero-order chi connectivity index (χ0) is 10.7. The molecule has 1 aromatic carbocycles. The van der Waals surface area contributed by atoms with Crippen molar-refractivity contribution >= 4 is 0 Å². The van der Waals surface area contributed by atoms with E-state index in [0.29, 0.717) is 0 Å². The van der Waals surface area contributed by atoms with Crippen LogP contribution in [0.3, 0.4) is 0 Å². The summed E-state index contributed by atoms with van der Waals surface area (Å²) in [6.07, 6.45) is 4.19. The molecule has 0 aliphatic heterocycles. The lowest BCUT2D eigenvalue weighted by molar-refractivity contribution is 0.140. The zero-order valence-corrected chi connectivity index (χ0v) is 8.24. The lowest BCUT2D eigenvalue weighted by Crippen LogP contribution is -2.04. The van der Waals surface area contributed by atoms with Crippen LogP contribution in [0.15, 0.2) is 55.4 Å². The van der Waals surface area contributed by atoms with Crippen molar-refractivity contribution in [3.8, 4) is 11.1 Å². The highest BCUT2D eigenvalue weighted by Gasteiger charge is 2.04. The Balaban J connectivity index is 2.32. The zero-order valence-electron chi connectivity index (χ0n) is 8.24. The number of hydrogen-bond acceptors (Lipinski definition) is 2. The van der Waals surface area contributed by atoms with E-state index in [1.165, 1.54) is 10.8 Å². The average molecular weight is 200 g/mol. The highest BCUT2D eigenvalue weighted by molar-refractivity contribution is 5.61. The normalized spacial score (nSPS) is 12.3. The highest BCUT2D eigenvalue weighted by Crippen LogP contribution is 2.18. The van der Waals surface area contributed by atoms with Gasteiger partial charge in [-0.3, -0.25) is 0 Å². The highest BCUT2D eigenvalue weighted by atomic mass is 16.3. The number of nitrogens with zero attached hydrogens (tertiary/aromatic N) is 2. The van der Waals surface area contributed by atoms with Gasteiger partial charge < -0.3 is 5.11 Å². The maximum absolute atomic E-state index is 9.47. The molecule has 1 heterocycles. The first kappa shape index (κ1) is 9.68. The van der Waals surface area contributed by atoms with Gasteiger partial charge in [-0.1, -0.05) is 36.9 Å². The minimum atomic E-state index is -0.762. The molecule has 0 saturated heterocycles. The van der Waals surface area contributed by atoms with Crippen molar-refractivity contribution < 1.29 is 5.11 Å². The summed E-state index contributed by atoms with van der Waals surface area (Å²) in [5.41, 5.74) is 2.07. The molecule has 0 amide bonds. The molecule has 1 N–H and O–H groups in total. The SMILES string of the molecule is C=CC(O)n1cc(-c2ccccc2)cn1. The fraction of sp³-hybridized carbons (Fsp3) is 0.0833. The second-order valence-electron chi connectivity index (χ2n) is 3.22. The molecule has 0 fully saturated rings. The summed E-state index contributed by atoms with van der Waals surface area (Å²) < 4.78 is 1.47. The average Bonchev–Trinajstić information content (AvgIpc) is 2.78. The number of hydrogen-bond donors (Lipinski definition) is 1. The van der Waals surface area contributed by atoms with Gasteiger partial charge in [0.1, 0.15) is 0 Å². The van der Waals surface area contributed by atoms with Crippen LogP contribution < -0.4 is 0 Å². The Morgan fingerprint density at radius 1 is 1.27 bits per heavy atom. The third kappa shape index (κ3) is 1.97. The second-order valence-corrected chi connectivity index (χ2v) is 3.22. The van der Waals surface area contributed by atoms with Crippen LogP contribution in [0.4, 0.5) is 0 Å². The van der Waals surface area contributed by atoms with E-state index in [2.05, 4.69) is 11.7 Å². The largest absolute Gasteiger partial charge is 0.368 e. The molecule has 0 bridgehead atoms. The molecule has 76 valence electrons. The monoisotopic (exact) mass is 200 g/mol. The lowest BCUT2D eigenvalue weighted by Gasteiger charge is -2.03. The van der Waals surface area contributed by atoms with E-state index >= 15 is 0 Å². The van der Waals surface area contributed by atoms with Crippen molar-refractivity contribution in [2.24, 2.45) is 0 Å². The summed E-state index contributed by atoms with van der Waals surface area (Å²) in [6, 6.07) is 9.91. The van der Waals surface area contributed by atoms with Gasteiger partial charge >= 0.3 is 0 Å². The summed E-state index contributed by atoms with van der Waals surface area (Å²) in [5.74, 6) is 0. The van der Waals surface area contributed by atoms with Crippen LogP contribution in [0.1, 0.15) is 6.23 Å². The van der Waals surface area contributed by atoms with Crippen LogP contribution in [-0.2, 0) is 0 Å². The van der Waals surface area contributed by atoms with Gasteiger partial charge in [0, 0.05) is 11.8 Å². The summed E-state index contributed by atoms with van der Waals surface area (Å²) in [6.45, 7) is 3.51. The van der Waals surface area contributed by atoms with Crippen LogP contribution in [0, 0.1) is 0 Å². The topological polar surface area (TPSA) is 38.0 Å². The maximum Gasteiger partial charge on any atom is 0.165 e. The Kier molecular flexibility index (Phi) is 2.65. The second kappa shape index (κ2) is 4.11. The summed E-state index contributed by atoms with van der Waals surface area (Å²) in [7, 11) is 0. The van der Waals surface area contributed by atoms with Crippen LogP contribution in [0.25, 0.3) is 11.1 Å². The van der Waals surface area contributed by atoms with Crippen molar-refractivity contribution in [3.05, 3.63) is 55.4 Å². The molecule has 0 saturated carbocycles. The lowest BCUT2D eigenvalue weighted by atomic mass is 10.1. The Hall–Kier alpha value is -1.87. The van der Waals surface area contributed by atoms with Gasteiger partial charge in [-0.25, -0.2) is 4.68 Å². The van der Waals surface area contributed by atoms with Crippen molar-refractivity contribution in [2.75, 3.05) is 0 Å². The van der Waals surface area contributed by atoms with Crippen molar-refractivity contribution in [1.82, 2.24) is 9.78 Å². The van der Waals surface area contributed by atoms with Gasteiger partial charge in [0.2, 0.25) is 0 Å². The quantitative estimate of drug-likeness (QED) is 0.771. The van der Waals surface area contributed by atoms with Gasteiger partial charge in [-0.15, -0.1) is 0 Å². The molecule has 15 heavy (non-hydrogen) atoms. The Morgan fingerprint density at radius 3 is 2.67 bits per heavy atom. The third-order valence-electron chi connectivity index (χ3n) is 2.19. The number of aliphatic hydroxyl groups is 1. The van der Waals surface area contributed by atoms with E-state index in [9.17, 15) is 5.11 Å². The van der Waals surface area contributed by atoms with Gasteiger partial charge in [-0.05, 0) is 11.6 Å². The maximum atomic E-state index is 9.47. The fourth-order valence-electron chi connectivity index (χ4n) is 1.37. The molecule has 0 radical (unpaired) electrons. The molecule has 3 nitrogen and oxygen atoms in total. The summed E-state index contributed by atoms with van der Waals surface area (Å²) in [5, 5.41) is 13.5. The third-order valence-corrected chi connectivity index (χ3v) is 2.19. The van der Waals surface area contributed by atoms with Gasteiger partial charge in [0.15, 0.2) is 6.23 Å². The molecule has 2 aromatic rings. The number of benzene rings is 1. The van der Waals surface area contributed by atoms with Crippen LogP contribution >= 0.6 is 0 Å². The first-order chi connectivity index (χ1) is 7.31. The molecule has 3 heteroatoms. The summed E-state index contributed by atoms with van der Waals surface area (Å²) in [4.78, 5) is 0. The summed E-state index contributed by atoms with van der Waals surface area (Å²) >= 11 is 0. The van der Waals surface area contributed by atoms with Crippen LogP contribution in [-0.4, -0.2) is 14.9 Å². The van der Waals surface area contributed by atoms with Gasteiger partial charge in [0.25, 0.3) is 0 Å². The Morgan fingerprint density at radius 2 is 2.00 bits per heavy atom. The van der Waals surface area contributed by atoms with E-state index < -0.39 is 6.23 Å². The Bertz CT molecular complexity index is 448. The standard InChI is InChI=1S/C12H12N2O/c1-2-12(15)14-9-11(8-13-14)10-6-4-3-5-7-10/h2-9,12,15H,1H2. The number of rotatable bonds is 3. The molecule has 2 rings (SSSR count). The van der Waals surface area contributed by atoms with E-state index in [0.717, 1.165) is 11.1 Å². The fourth-order valence-corrected chi connectivity index (χ4v) is 1.37. The minimum Gasteiger partial charge on any atom is -0.368 e. The number of aliphatic hydroxyl groups excluding tert-OH is 1. The van der Waals surface area contributed by atoms with E-state index in [-0.39, 0.29) is 0 Å².